The zero-order valence-electron chi connectivity index (χ0n) is 15.1. The van der Waals surface area contributed by atoms with Gasteiger partial charge in [0.05, 0.1) is 5.92 Å². The van der Waals surface area contributed by atoms with Gasteiger partial charge in [-0.25, -0.2) is 0 Å². The van der Waals surface area contributed by atoms with Crippen LogP contribution in [-0.4, -0.2) is 29.8 Å². The van der Waals surface area contributed by atoms with Crippen molar-refractivity contribution in [2.75, 3.05) is 0 Å². The summed E-state index contributed by atoms with van der Waals surface area (Å²) >= 11 is 0. The molecule has 3 aliphatic carbocycles. The molecule has 6 heteroatoms. The van der Waals surface area contributed by atoms with Crippen molar-refractivity contribution >= 4 is 17.7 Å². The molecule has 3 aliphatic rings. The fourth-order valence-electron chi connectivity index (χ4n) is 5.22. The summed E-state index contributed by atoms with van der Waals surface area (Å²) < 4.78 is 0. The Kier molecular flexibility index (Phi) is 5.64. The van der Waals surface area contributed by atoms with Gasteiger partial charge in [-0.15, -0.1) is 0 Å². The molecule has 3 saturated carbocycles. The predicted octanol–water partition coefficient (Wildman–Crippen LogP) is 1.48. The van der Waals surface area contributed by atoms with Gasteiger partial charge in [-0.2, -0.15) is 0 Å². The third-order valence-corrected chi connectivity index (χ3v) is 6.52. The number of fused-ring (bicyclic) bond motifs is 2. The minimum absolute atomic E-state index is 0.0473. The molecule has 0 saturated heterocycles. The van der Waals surface area contributed by atoms with Crippen LogP contribution in [0.2, 0.25) is 0 Å². The van der Waals surface area contributed by atoms with Crippen LogP contribution in [0.4, 0.5) is 0 Å². The first-order valence-electron chi connectivity index (χ1n) is 9.84. The molecule has 25 heavy (non-hydrogen) atoms. The Morgan fingerprint density at radius 2 is 1.72 bits per heavy atom. The van der Waals surface area contributed by atoms with Gasteiger partial charge in [-0.1, -0.05) is 19.3 Å². The number of hydrogen-bond acceptors (Lipinski definition) is 3. The molecule has 0 aromatic rings. The average Bonchev–Trinajstić information content (AvgIpc) is 3.16. The SMILES string of the molecule is C[C@H](NC(=O)CC1CCCCC1)C(=O)N[C@@H]1[C@H]2CC[C@@H](C2)[C@@H]1C(N)=O. The van der Waals surface area contributed by atoms with Crippen molar-refractivity contribution in [2.45, 2.75) is 76.8 Å². The number of nitrogens with two attached hydrogens (primary N) is 1. The van der Waals surface area contributed by atoms with E-state index in [1.54, 1.807) is 6.92 Å². The van der Waals surface area contributed by atoms with Crippen LogP contribution in [0.3, 0.4) is 0 Å². The summed E-state index contributed by atoms with van der Waals surface area (Å²) in [5, 5.41) is 5.82. The van der Waals surface area contributed by atoms with Gasteiger partial charge in [-0.3, -0.25) is 14.4 Å². The van der Waals surface area contributed by atoms with Gasteiger partial charge in [0.1, 0.15) is 6.04 Å². The topological polar surface area (TPSA) is 101 Å². The number of nitrogens with one attached hydrogen (secondary N) is 2. The summed E-state index contributed by atoms with van der Waals surface area (Å²) in [7, 11) is 0. The molecule has 0 unspecified atom stereocenters. The van der Waals surface area contributed by atoms with E-state index in [2.05, 4.69) is 10.6 Å². The van der Waals surface area contributed by atoms with E-state index < -0.39 is 6.04 Å². The third kappa shape index (κ3) is 4.15. The molecular formula is C19H31N3O3. The highest BCUT2D eigenvalue weighted by Gasteiger charge is 2.50. The molecule has 4 N–H and O–H groups in total. The molecule has 2 bridgehead atoms. The molecule has 0 aliphatic heterocycles. The van der Waals surface area contributed by atoms with Crippen LogP contribution >= 0.6 is 0 Å². The smallest absolute Gasteiger partial charge is 0.242 e. The number of hydrogen-bond donors (Lipinski definition) is 3. The van der Waals surface area contributed by atoms with Gasteiger partial charge in [-0.05, 0) is 56.8 Å². The van der Waals surface area contributed by atoms with Crippen LogP contribution in [-0.2, 0) is 14.4 Å². The molecule has 0 aromatic heterocycles. The fraction of sp³-hybridized carbons (Fsp3) is 0.842. The summed E-state index contributed by atoms with van der Waals surface area (Å²) in [4.78, 5) is 36.4. The Morgan fingerprint density at radius 3 is 2.40 bits per heavy atom. The number of carbonyl (C=O) groups is 3. The lowest BCUT2D eigenvalue weighted by Crippen LogP contribution is -2.53. The van der Waals surface area contributed by atoms with Gasteiger partial charge in [0.25, 0.3) is 0 Å². The Labute approximate surface area is 149 Å². The van der Waals surface area contributed by atoms with Crippen LogP contribution in [0, 0.1) is 23.7 Å². The van der Waals surface area contributed by atoms with E-state index in [0.29, 0.717) is 24.2 Å². The highest BCUT2D eigenvalue weighted by molar-refractivity contribution is 5.88. The Morgan fingerprint density at radius 1 is 1.04 bits per heavy atom. The van der Waals surface area contributed by atoms with Gasteiger partial charge in [0, 0.05) is 12.5 Å². The first-order chi connectivity index (χ1) is 12.0. The molecule has 3 amide bonds. The normalized spacial score (nSPS) is 33.0. The molecule has 0 heterocycles. The van der Waals surface area contributed by atoms with Crippen molar-refractivity contribution in [1.29, 1.82) is 0 Å². The lowest BCUT2D eigenvalue weighted by molar-refractivity contribution is -0.131. The maximum Gasteiger partial charge on any atom is 0.242 e. The van der Waals surface area contributed by atoms with Gasteiger partial charge in [0.15, 0.2) is 0 Å². The molecule has 0 radical (unpaired) electrons. The van der Waals surface area contributed by atoms with Crippen molar-refractivity contribution in [3.05, 3.63) is 0 Å². The predicted molar refractivity (Wildman–Crippen MR) is 94.2 cm³/mol. The minimum Gasteiger partial charge on any atom is -0.369 e. The molecule has 5 atom stereocenters. The molecule has 0 spiro atoms. The van der Waals surface area contributed by atoms with E-state index in [0.717, 1.165) is 32.1 Å². The highest BCUT2D eigenvalue weighted by atomic mass is 16.2. The second-order valence-electron chi connectivity index (χ2n) is 8.29. The zero-order chi connectivity index (χ0) is 18.0. The Bertz CT molecular complexity index is 530. The molecule has 0 aromatic carbocycles. The van der Waals surface area contributed by atoms with Crippen molar-refractivity contribution in [1.82, 2.24) is 10.6 Å². The van der Waals surface area contributed by atoms with E-state index in [-0.39, 0.29) is 29.7 Å². The lowest BCUT2D eigenvalue weighted by Gasteiger charge is -2.30. The first kappa shape index (κ1) is 18.2. The van der Waals surface area contributed by atoms with Crippen LogP contribution in [0.15, 0.2) is 0 Å². The third-order valence-electron chi connectivity index (χ3n) is 6.52. The van der Waals surface area contributed by atoms with Crippen LogP contribution < -0.4 is 16.4 Å². The highest BCUT2D eigenvalue weighted by Crippen LogP contribution is 2.48. The number of carbonyl (C=O) groups excluding carboxylic acids is 3. The standard InChI is InChI=1S/C19H31N3O3/c1-11(21-15(23)9-12-5-3-2-4-6-12)19(25)22-17-14-8-7-13(10-14)16(17)18(20)24/h11-14,16-17H,2-10H2,1H3,(H2,20,24)(H,21,23)(H,22,25)/t11-,13-,14-,16-,17+/m0/s1. The first-order valence-corrected chi connectivity index (χ1v) is 9.84. The van der Waals surface area contributed by atoms with E-state index >= 15 is 0 Å². The molecule has 3 rings (SSSR count). The van der Waals surface area contributed by atoms with Crippen molar-refractivity contribution in [2.24, 2.45) is 29.4 Å². The van der Waals surface area contributed by atoms with Crippen LogP contribution in [0.1, 0.15) is 64.7 Å². The van der Waals surface area contributed by atoms with E-state index in [4.69, 9.17) is 5.73 Å². The number of rotatable bonds is 6. The summed E-state index contributed by atoms with van der Waals surface area (Å²) in [5.41, 5.74) is 5.55. The van der Waals surface area contributed by atoms with Crippen LogP contribution in [0.5, 0.6) is 0 Å². The quantitative estimate of drug-likeness (QED) is 0.677. The summed E-state index contributed by atoms with van der Waals surface area (Å²) in [6.07, 6.45) is 9.44. The Balaban J connectivity index is 1.48. The van der Waals surface area contributed by atoms with E-state index in [1.807, 2.05) is 0 Å². The largest absolute Gasteiger partial charge is 0.369 e. The average molecular weight is 349 g/mol. The molecule has 6 nitrogen and oxygen atoms in total. The fourth-order valence-corrected chi connectivity index (χ4v) is 5.22. The summed E-state index contributed by atoms with van der Waals surface area (Å²) in [6, 6.07) is -0.745. The van der Waals surface area contributed by atoms with E-state index in [1.165, 1.54) is 19.3 Å². The number of primary amides is 1. The second kappa shape index (κ2) is 7.75. The van der Waals surface area contributed by atoms with Gasteiger partial charge >= 0.3 is 0 Å². The number of amides is 3. The second-order valence-corrected chi connectivity index (χ2v) is 8.29. The zero-order valence-corrected chi connectivity index (χ0v) is 15.1. The van der Waals surface area contributed by atoms with Gasteiger partial charge in [0.2, 0.25) is 17.7 Å². The molecular weight excluding hydrogens is 318 g/mol. The van der Waals surface area contributed by atoms with Gasteiger partial charge < -0.3 is 16.4 Å². The Hall–Kier alpha value is -1.59. The molecule has 3 fully saturated rings. The van der Waals surface area contributed by atoms with Crippen molar-refractivity contribution in [3.63, 3.8) is 0 Å². The maximum absolute atomic E-state index is 12.5. The van der Waals surface area contributed by atoms with Crippen LogP contribution in [0.25, 0.3) is 0 Å². The minimum atomic E-state index is -0.580. The van der Waals surface area contributed by atoms with E-state index in [9.17, 15) is 14.4 Å². The lowest BCUT2D eigenvalue weighted by atomic mass is 9.84. The van der Waals surface area contributed by atoms with Crippen molar-refractivity contribution < 1.29 is 14.4 Å². The summed E-state index contributed by atoms with van der Waals surface area (Å²) in [5.74, 6) is 0.281. The van der Waals surface area contributed by atoms with Crippen molar-refractivity contribution in [3.8, 4) is 0 Å². The monoisotopic (exact) mass is 349 g/mol. The molecule has 140 valence electrons. The maximum atomic E-state index is 12.5. The summed E-state index contributed by atoms with van der Waals surface area (Å²) in [6.45, 7) is 1.71.